The van der Waals surface area contributed by atoms with Crippen LogP contribution in [0.5, 0.6) is 5.75 Å². The molecule has 4 aromatic rings. The predicted molar refractivity (Wildman–Crippen MR) is 170 cm³/mol. The number of ether oxygens (including phenoxy) is 1. The maximum atomic E-state index is 14.9. The van der Waals surface area contributed by atoms with E-state index in [-0.39, 0.29) is 55.8 Å². The molecule has 2 unspecified atom stereocenters. The Morgan fingerprint density at radius 2 is 1.43 bits per heavy atom. The molecule has 246 valence electrons. The fourth-order valence-corrected chi connectivity index (χ4v) is 6.40. The van der Waals surface area contributed by atoms with Gasteiger partial charge in [0.1, 0.15) is 5.75 Å². The van der Waals surface area contributed by atoms with Crippen LogP contribution in [0.1, 0.15) is 51.8 Å². The van der Waals surface area contributed by atoms with Crippen molar-refractivity contribution in [2.24, 2.45) is 0 Å². The van der Waals surface area contributed by atoms with E-state index < -0.39 is 35.4 Å². The van der Waals surface area contributed by atoms with Crippen molar-refractivity contribution in [2.45, 2.75) is 30.8 Å². The third-order valence-electron chi connectivity index (χ3n) is 8.46. The molecule has 3 aromatic carbocycles. The number of benzene rings is 3. The lowest BCUT2D eigenvalue weighted by molar-refractivity contribution is -0.141. The molecule has 8 nitrogen and oxygen atoms in total. The monoisotopic (exact) mass is 686 g/mol. The molecule has 0 bridgehead atoms. The van der Waals surface area contributed by atoms with E-state index in [4.69, 9.17) is 32.4 Å². The highest BCUT2D eigenvalue weighted by Crippen LogP contribution is 2.46. The summed E-state index contributed by atoms with van der Waals surface area (Å²) >= 11 is 12.4. The van der Waals surface area contributed by atoms with E-state index >= 15 is 0 Å². The van der Waals surface area contributed by atoms with Gasteiger partial charge in [-0.2, -0.15) is 13.2 Å². The van der Waals surface area contributed by atoms with Gasteiger partial charge in [-0.25, -0.2) is 0 Å². The van der Waals surface area contributed by atoms with E-state index in [0.717, 1.165) is 23.3 Å². The molecule has 1 aromatic heterocycles. The van der Waals surface area contributed by atoms with Gasteiger partial charge in [-0.1, -0.05) is 53.5 Å². The van der Waals surface area contributed by atoms with Crippen LogP contribution in [0.15, 0.2) is 89.5 Å². The number of nitrogens with one attached hydrogen (secondary N) is 2. The van der Waals surface area contributed by atoms with Crippen molar-refractivity contribution in [3.05, 3.63) is 123 Å². The van der Waals surface area contributed by atoms with E-state index in [0.29, 0.717) is 10.0 Å². The average molecular weight is 688 g/mol. The van der Waals surface area contributed by atoms with Crippen molar-refractivity contribution in [2.75, 3.05) is 32.8 Å². The van der Waals surface area contributed by atoms with Crippen LogP contribution in [0.25, 0.3) is 0 Å². The molecule has 6 rings (SSSR count). The van der Waals surface area contributed by atoms with Crippen LogP contribution in [-0.2, 0) is 16.6 Å². The number of amides is 2. The number of piperazine rings is 1. The number of furan rings is 1. The van der Waals surface area contributed by atoms with Gasteiger partial charge in [0.15, 0.2) is 11.4 Å². The maximum Gasteiger partial charge on any atom is 0.416 e. The largest absolute Gasteiger partial charge is 0.493 e. The normalized spacial score (nSPS) is 21.6. The number of nitrogens with zero attached hydrogens (tertiary/aromatic N) is 2. The molecule has 2 saturated heterocycles. The van der Waals surface area contributed by atoms with E-state index in [9.17, 15) is 22.8 Å². The van der Waals surface area contributed by atoms with E-state index in [1.54, 1.807) is 53.1 Å². The van der Waals surface area contributed by atoms with Crippen molar-refractivity contribution < 1.29 is 31.9 Å². The summed E-state index contributed by atoms with van der Waals surface area (Å²) in [5.41, 5.74) is -0.873. The van der Waals surface area contributed by atoms with Crippen molar-refractivity contribution in [1.29, 1.82) is 0 Å². The van der Waals surface area contributed by atoms with Gasteiger partial charge >= 0.3 is 6.18 Å². The second-order valence-corrected chi connectivity index (χ2v) is 12.2. The molecule has 0 saturated carbocycles. The summed E-state index contributed by atoms with van der Waals surface area (Å²) in [6, 6.07) is 19.5. The van der Waals surface area contributed by atoms with Crippen LogP contribution in [0, 0.1) is 0 Å². The molecule has 2 fully saturated rings. The molecule has 2 N–H and O–H groups in total. The fourth-order valence-electron chi connectivity index (χ4n) is 6.15. The average Bonchev–Trinajstić information content (AvgIpc) is 3.75. The summed E-state index contributed by atoms with van der Waals surface area (Å²) in [6.45, 7) is 2.54. The van der Waals surface area contributed by atoms with Gasteiger partial charge in [0.25, 0.3) is 11.8 Å². The highest BCUT2D eigenvalue weighted by molar-refractivity contribution is 6.30. The lowest BCUT2D eigenvalue weighted by atomic mass is 9.94. The number of carbonyl (C=O) groups is 2. The van der Waals surface area contributed by atoms with Crippen molar-refractivity contribution in [3.8, 4) is 5.75 Å². The summed E-state index contributed by atoms with van der Waals surface area (Å²) in [5.74, 6) is -0.614. The Bertz CT molecular complexity index is 1670. The van der Waals surface area contributed by atoms with Crippen LogP contribution in [0.3, 0.4) is 0 Å². The van der Waals surface area contributed by atoms with E-state index in [1.165, 1.54) is 12.3 Å². The third kappa shape index (κ3) is 6.58. The molecule has 0 aliphatic carbocycles. The molecule has 2 aliphatic rings. The SMILES string of the molecule is CCOc1cc(C(F)(F)F)ccc1C1(C(=O)N2CCN(C(=O)c3ccco3)CC2)NC(c2ccc(Cl)cc2)C(c2ccc(Cl)cc2)N1. The Morgan fingerprint density at radius 3 is 1.91 bits per heavy atom. The second kappa shape index (κ2) is 13.2. The first-order valence-electron chi connectivity index (χ1n) is 15.0. The molecule has 0 spiro atoms. The van der Waals surface area contributed by atoms with Gasteiger partial charge in [-0.05, 0) is 66.6 Å². The van der Waals surface area contributed by atoms with Crippen LogP contribution in [0.4, 0.5) is 13.2 Å². The molecular weight excluding hydrogens is 656 g/mol. The maximum absolute atomic E-state index is 14.9. The number of rotatable bonds is 7. The molecule has 0 radical (unpaired) electrons. The zero-order valence-electron chi connectivity index (χ0n) is 25.2. The highest BCUT2D eigenvalue weighted by atomic mass is 35.5. The summed E-state index contributed by atoms with van der Waals surface area (Å²) in [7, 11) is 0. The number of hydrogen-bond donors (Lipinski definition) is 2. The van der Waals surface area contributed by atoms with Crippen LogP contribution in [0.2, 0.25) is 10.0 Å². The first-order chi connectivity index (χ1) is 22.5. The van der Waals surface area contributed by atoms with Crippen LogP contribution < -0.4 is 15.4 Å². The summed E-state index contributed by atoms with van der Waals surface area (Å²) < 4.78 is 52.7. The standard InChI is InChI=1S/C34H31Cl2F3N4O4/c1-2-46-28-20-23(34(37,38)39)9-14-26(28)33(32(45)43-17-15-42(16-18-43)31(44)27-4-3-19-47-27)40-29(21-5-10-24(35)11-6-21)30(41-33)22-7-12-25(36)13-8-22/h3-14,19-20,29-30,40-41H,2,15-18H2,1H3. The Kier molecular flexibility index (Phi) is 9.26. The predicted octanol–water partition coefficient (Wildman–Crippen LogP) is 6.82. The quantitative estimate of drug-likeness (QED) is 0.222. The second-order valence-electron chi connectivity index (χ2n) is 11.3. The molecule has 2 aliphatic heterocycles. The topological polar surface area (TPSA) is 87.0 Å². The molecule has 2 atom stereocenters. The van der Waals surface area contributed by atoms with Crippen molar-refractivity contribution >= 4 is 35.0 Å². The highest BCUT2D eigenvalue weighted by Gasteiger charge is 2.55. The first kappa shape index (κ1) is 32.9. The smallest absolute Gasteiger partial charge is 0.416 e. The minimum absolute atomic E-state index is 0.0629. The molecule has 2 amide bonds. The van der Waals surface area contributed by atoms with Crippen molar-refractivity contribution in [1.82, 2.24) is 20.4 Å². The van der Waals surface area contributed by atoms with Crippen molar-refractivity contribution in [3.63, 3.8) is 0 Å². The minimum Gasteiger partial charge on any atom is -0.493 e. The number of hydrogen-bond acceptors (Lipinski definition) is 6. The number of carbonyl (C=O) groups excluding carboxylic acids is 2. The fraction of sp³-hybridized carbons (Fsp3) is 0.294. The molecule has 13 heteroatoms. The summed E-state index contributed by atoms with van der Waals surface area (Å²) in [5, 5.41) is 8.03. The minimum atomic E-state index is -4.63. The molecule has 3 heterocycles. The zero-order valence-corrected chi connectivity index (χ0v) is 26.7. The van der Waals surface area contributed by atoms with E-state index in [1.807, 2.05) is 24.3 Å². The molecule has 47 heavy (non-hydrogen) atoms. The van der Waals surface area contributed by atoms with Gasteiger partial charge in [0.2, 0.25) is 0 Å². The lowest BCUT2D eigenvalue weighted by Gasteiger charge is -2.40. The Hall–Kier alpha value is -4.03. The van der Waals surface area contributed by atoms with Crippen LogP contribution in [-0.4, -0.2) is 54.4 Å². The summed E-state index contributed by atoms with van der Waals surface area (Å²) in [4.78, 5) is 31.0. The number of alkyl halides is 3. The van der Waals surface area contributed by atoms with Gasteiger partial charge in [-0.15, -0.1) is 0 Å². The van der Waals surface area contributed by atoms with Gasteiger partial charge < -0.3 is 19.0 Å². The van der Waals surface area contributed by atoms with Crippen LogP contribution >= 0.6 is 23.2 Å². The third-order valence-corrected chi connectivity index (χ3v) is 8.96. The Balaban J connectivity index is 1.44. The number of halogens is 5. The zero-order chi connectivity index (χ0) is 33.3. The Labute approximate surface area is 279 Å². The Morgan fingerprint density at radius 1 is 0.872 bits per heavy atom. The molecular formula is C34H31Cl2F3N4O4. The first-order valence-corrected chi connectivity index (χ1v) is 15.8. The summed E-state index contributed by atoms with van der Waals surface area (Å²) in [6.07, 6.45) is -3.21. The van der Waals surface area contributed by atoms with Gasteiger partial charge in [0.05, 0.1) is 30.5 Å². The van der Waals surface area contributed by atoms with Gasteiger partial charge in [0, 0.05) is 41.8 Å². The van der Waals surface area contributed by atoms with Gasteiger partial charge in [-0.3, -0.25) is 20.2 Å². The lowest BCUT2D eigenvalue weighted by Crippen LogP contribution is -2.62. The van der Waals surface area contributed by atoms with E-state index in [2.05, 4.69) is 10.6 Å².